The number of carbonyl (C=O) groups excluding carboxylic acids is 2. The molecular weight excluding hydrogens is 511 g/mol. The van der Waals surface area contributed by atoms with Gasteiger partial charge in [0.05, 0.1) is 16.8 Å². The maximum atomic E-state index is 12.4. The van der Waals surface area contributed by atoms with Gasteiger partial charge < -0.3 is 9.47 Å². The standard InChI is InChI=1S/C29H22Cl2N2O4/c1-19-2-4-21(5-3-19)18-36-24-13-8-22(9-14-24)28(34)33-32-17-20-6-11-25(12-7-20)37-29(35)26-15-10-23(30)16-27(26)31/h2-17H,18H2,1H3,(H,33,34)/b32-17+. The number of hydrogen-bond donors (Lipinski definition) is 1. The van der Waals surface area contributed by atoms with Crippen molar-refractivity contribution in [2.24, 2.45) is 5.10 Å². The van der Waals surface area contributed by atoms with Gasteiger partial charge in [0, 0.05) is 10.6 Å². The molecular formula is C29H22Cl2N2O4. The van der Waals surface area contributed by atoms with Crippen LogP contribution >= 0.6 is 23.2 Å². The quantitative estimate of drug-likeness (QED) is 0.116. The van der Waals surface area contributed by atoms with Gasteiger partial charge in [-0.3, -0.25) is 4.79 Å². The first-order valence-electron chi connectivity index (χ1n) is 11.3. The zero-order valence-electron chi connectivity index (χ0n) is 19.8. The van der Waals surface area contributed by atoms with E-state index in [-0.39, 0.29) is 16.5 Å². The van der Waals surface area contributed by atoms with Gasteiger partial charge in [-0.2, -0.15) is 5.10 Å². The number of esters is 1. The molecule has 8 heteroatoms. The Bertz CT molecular complexity index is 1420. The Morgan fingerprint density at radius 2 is 1.54 bits per heavy atom. The second-order valence-electron chi connectivity index (χ2n) is 8.08. The van der Waals surface area contributed by atoms with E-state index >= 15 is 0 Å². The summed E-state index contributed by atoms with van der Waals surface area (Å²) in [7, 11) is 0. The van der Waals surface area contributed by atoms with Crippen LogP contribution in [0.15, 0.2) is 96.1 Å². The Hall–Kier alpha value is -4.13. The van der Waals surface area contributed by atoms with E-state index in [0.29, 0.717) is 34.3 Å². The first-order chi connectivity index (χ1) is 17.9. The molecule has 0 saturated carbocycles. The molecule has 0 radical (unpaired) electrons. The molecule has 186 valence electrons. The minimum absolute atomic E-state index is 0.210. The molecule has 0 heterocycles. The average molecular weight is 533 g/mol. The molecule has 0 aliphatic heterocycles. The van der Waals surface area contributed by atoms with Crippen molar-refractivity contribution in [2.75, 3.05) is 0 Å². The van der Waals surface area contributed by atoms with Crippen molar-refractivity contribution in [1.82, 2.24) is 5.43 Å². The molecule has 0 unspecified atom stereocenters. The third-order valence-electron chi connectivity index (χ3n) is 5.26. The zero-order chi connectivity index (χ0) is 26.2. The van der Waals surface area contributed by atoms with Crippen LogP contribution < -0.4 is 14.9 Å². The lowest BCUT2D eigenvalue weighted by molar-refractivity contribution is 0.0734. The van der Waals surface area contributed by atoms with Crippen LogP contribution in [-0.4, -0.2) is 18.1 Å². The summed E-state index contributed by atoms with van der Waals surface area (Å²) in [4.78, 5) is 24.7. The number of halogens is 2. The number of ether oxygens (including phenoxy) is 2. The molecule has 0 bridgehead atoms. The third-order valence-corrected chi connectivity index (χ3v) is 5.81. The summed E-state index contributed by atoms with van der Waals surface area (Å²) in [5.41, 5.74) is 6.11. The predicted octanol–water partition coefficient (Wildman–Crippen LogP) is 6.86. The highest BCUT2D eigenvalue weighted by atomic mass is 35.5. The molecule has 0 atom stereocenters. The van der Waals surface area contributed by atoms with Gasteiger partial charge in [-0.1, -0.05) is 53.0 Å². The van der Waals surface area contributed by atoms with Gasteiger partial charge in [0.15, 0.2) is 0 Å². The smallest absolute Gasteiger partial charge is 0.345 e. The second kappa shape index (κ2) is 12.2. The van der Waals surface area contributed by atoms with Crippen molar-refractivity contribution in [3.63, 3.8) is 0 Å². The van der Waals surface area contributed by atoms with Crippen molar-refractivity contribution >= 4 is 41.3 Å². The average Bonchev–Trinajstić information content (AvgIpc) is 2.89. The molecule has 1 amide bonds. The molecule has 1 N–H and O–H groups in total. The van der Waals surface area contributed by atoms with Crippen LogP contribution in [0.5, 0.6) is 11.5 Å². The number of aryl methyl sites for hydroxylation is 1. The summed E-state index contributed by atoms with van der Waals surface area (Å²) in [5.74, 6) is 0.0512. The second-order valence-corrected chi connectivity index (χ2v) is 8.92. The highest BCUT2D eigenvalue weighted by Gasteiger charge is 2.13. The zero-order valence-corrected chi connectivity index (χ0v) is 21.3. The fraction of sp³-hybridized carbons (Fsp3) is 0.0690. The first kappa shape index (κ1) is 25.9. The molecule has 0 aliphatic rings. The Labute approximate surface area is 224 Å². The molecule has 0 aliphatic carbocycles. The van der Waals surface area contributed by atoms with Crippen molar-refractivity contribution < 1.29 is 19.1 Å². The fourth-order valence-corrected chi connectivity index (χ4v) is 3.71. The number of rotatable bonds is 8. The van der Waals surface area contributed by atoms with Gasteiger partial charge in [-0.15, -0.1) is 0 Å². The largest absolute Gasteiger partial charge is 0.489 e. The van der Waals surface area contributed by atoms with Gasteiger partial charge in [0.1, 0.15) is 18.1 Å². The minimum atomic E-state index is -0.595. The van der Waals surface area contributed by atoms with Crippen LogP contribution in [0.4, 0.5) is 0 Å². The number of carbonyl (C=O) groups is 2. The van der Waals surface area contributed by atoms with Crippen LogP contribution in [0.2, 0.25) is 10.0 Å². The molecule has 0 saturated heterocycles. The summed E-state index contributed by atoms with van der Waals surface area (Å²) >= 11 is 11.9. The van der Waals surface area contributed by atoms with E-state index in [1.807, 2.05) is 31.2 Å². The fourth-order valence-electron chi connectivity index (χ4n) is 3.22. The normalized spacial score (nSPS) is 10.8. The van der Waals surface area contributed by atoms with E-state index in [0.717, 1.165) is 5.56 Å². The van der Waals surface area contributed by atoms with E-state index in [1.165, 1.54) is 23.9 Å². The number of benzene rings is 4. The highest BCUT2D eigenvalue weighted by Crippen LogP contribution is 2.23. The van der Waals surface area contributed by atoms with Crippen molar-refractivity contribution in [1.29, 1.82) is 0 Å². The summed E-state index contributed by atoms with van der Waals surface area (Å²) < 4.78 is 11.1. The number of hydrazone groups is 1. The number of amides is 1. The lowest BCUT2D eigenvalue weighted by Crippen LogP contribution is -2.17. The Balaban J connectivity index is 1.26. The number of nitrogens with zero attached hydrogens (tertiary/aromatic N) is 1. The van der Waals surface area contributed by atoms with Crippen molar-refractivity contribution in [3.8, 4) is 11.5 Å². The monoisotopic (exact) mass is 532 g/mol. The molecule has 4 aromatic carbocycles. The van der Waals surface area contributed by atoms with E-state index in [2.05, 4.69) is 10.5 Å². The SMILES string of the molecule is Cc1ccc(COc2ccc(C(=O)N/N=C/c3ccc(OC(=O)c4ccc(Cl)cc4Cl)cc3)cc2)cc1. The van der Waals surface area contributed by atoms with Crippen molar-refractivity contribution in [2.45, 2.75) is 13.5 Å². The molecule has 0 aromatic heterocycles. The van der Waals surface area contributed by atoms with Gasteiger partial charge in [-0.25, -0.2) is 10.2 Å². The van der Waals surface area contributed by atoms with Gasteiger partial charge in [0.2, 0.25) is 0 Å². The van der Waals surface area contributed by atoms with E-state index in [1.54, 1.807) is 54.6 Å². The van der Waals surface area contributed by atoms with E-state index in [9.17, 15) is 9.59 Å². The Morgan fingerprint density at radius 3 is 2.22 bits per heavy atom. The van der Waals surface area contributed by atoms with Crippen LogP contribution in [-0.2, 0) is 6.61 Å². The molecule has 6 nitrogen and oxygen atoms in total. The summed E-state index contributed by atoms with van der Waals surface area (Å²) in [6.07, 6.45) is 1.48. The summed E-state index contributed by atoms with van der Waals surface area (Å²) in [5, 5.41) is 4.63. The van der Waals surface area contributed by atoms with Gasteiger partial charge in [-0.05, 0) is 84.8 Å². The van der Waals surface area contributed by atoms with E-state index in [4.69, 9.17) is 32.7 Å². The third kappa shape index (κ3) is 7.43. The lowest BCUT2D eigenvalue weighted by Gasteiger charge is -2.07. The topological polar surface area (TPSA) is 77.0 Å². The van der Waals surface area contributed by atoms with Crippen LogP contribution in [0.3, 0.4) is 0 Å². The minimum Gasteiger partial charge on any atom is -0.489 e. The Kier molecular flexibility index (Phi) is 8.56. The highest BCUT2D eigenvalue weighted by molar-refractivity contribution is 6.36. The summed E-state index contributed by atoms with van der Waals surface area (Å²) in [6.45, 7) is 2.48. The van der Waals surface area contributed by atoms with Crippen LogP contribution in [0.1, 0.15) is 37.4 Å². The number of hydrogen-bond acceptors (Lipinski definition) is 5. The molecule has 4 aromatic rings. The maximum absolute atomic E-state index is 12.4. The Morgan fingerprint density at radius 1 is 0.865 bits per heavy atom. The summed E-state index contributed by atoms with van der Waals surface area (Å²) in [6, 6.07) is 26.1. The van der Waals surface area contributed by atoms with Gasteiger partial charge in [0.25, 0.3) is 5.91 Å². The molecule has 37 heavy (non-hydrogen) atoms. The van der Waals surface area contributed by atoms with Gasteiger partial charge >= 0.3 is 5.97 Å². The van der Waals surface area contributed by atoms with Crippen LogP contribution in [0.25, 0.3) is 0 Å². The molecule has 0 spiro atoms. The first-order valence-corrected chi connectivity index (χ1v) is 12.0. The molecule has 4 rings (SSSR count). The maximum Gasteiger partial charge on any atom is 0.345 e. The van der Waals surface area contributed by atoms with Crippen molar-refractivity contribution in [3.05, 3.63) is 129 Å². The lowest BCUT2D eigenvalue weighted by atomic mass is 10.2. The van der Waals surface area contributed by atoms with E-state index < -0.39 is 5.97 Å². The van der Waals surface area contributed by atoms with Crippen LogP contribution in [0, 0.1) is 6.92 Å². The molecule has 0 fully saturated rings. The predicted molar refractivity (Wildman–Crippen MR) is 145 cm³/mol. The number of nitrogens with one attached hydrogen (secondary N) is 1.